The van der Waals surface area contributed by atoms with Gasteiger partial charge in [-0.1, -0.05) is 6.07 Å². The summed E-state index contributed by atoms with van der Waals surface area (Å²) in [7, 11) is 0. The van der Waals surface area contributed by atoms with Gasteiger partial charge in [-0.3, -0.25) is 4.79 Å². The van der Waals surface area contributed by atoms with Crippen LogP contribution in [0, 0.1) is 0 Å². The molecule has 0 aliphatic heterocycles. The van der Waals surface area contributed by atoms with Gasteiger partial charge in [0.2, 0.25) is 5.91 Å². The van der Waals surface area contributed by atoms with E-state index < -0.39 is 17.8 Å². The first-order chi connectivity index (χ1) is 11.3. The third-order valence-corrected chi connectivity index (χ3v) is 4.05. The van der Waals surface area contributed by atoms with Crippen molar-refractivity contribution in [2.45, 2.75) is 24.0 Å². The second-order valence-electron chi connectivity index (χ2n) is 5.16. The molecule has 0 unspecified atom stereocenters. The lowest BCUT2D eigenvalue weighted by atomic mass is 10.2. The van der Waals surface area contributed by atoms with E-state index in [4.69, 9.17) is 0 Å². The maximum atomic E-state index is 12.5. The molecule has 0 spiro atoms. The molecule has 2 aromatic carbocycles. The highest BCUT2D eigenvalue weighted by Crippen LogP contribution is 2.29. The molecule has 0 aliphatic rings. The molecule has 128 valence electrons. The Bertz CT molecular complexity index is 702. The van der Waals surface area contributed by atoms with E-state index in [0.29, 0.717) is 5.69 Å². The SMILES string of the molecule is CSc1cccc(N[C@@H](C)C(=O)Nc2ccc(C(F)(F)F)cc2)c1. The molecule has 0 bridgehead atoms. The standard InChI is InChI=1S/C17H17F3N2OS/c1-11(21-14-4-3-5-15(10-14)24-2)16(23)22-13-8-6-12(7-9-13)17(18,19)20/h3-11,21H,1-2H3,(H,22,23)/t11-/m0/s1. The molecule has 1 amide bonds. The van der Waals surface area contributed by atoms with Crippen LogP contribution in [-0.4, -0.2) is 18.2 Å². The van der Waals surface area contributed by atoms with Gasteiger partial charge in [0, 0.05) is 16.3 Å². The number of amides is 1. The lowest BCUT2D eigenvalue weighted by Crippen LogP contribution is -2.31. The number of carbonyl (C=O) groups excluding carboxylic acids is 1. The number of alkyl halides is 3. The van der Waals surface area contributed by atoms with Crippen LogP contribution in [0.15, 0.2) is 53.4 Å². The Morgan fingerprint density at radius 2 is 1.75 bits per heavy atom. The number of hydrogen-bond donors (Lipinski definition) is 2. The molecular formula is C17H17F3N2OS. The predicted octanol–water partition coefficient (Wildman–Crippen LogP) is 4.87. The van der Waals surface area contributed by atoms with Crippen LogP contribution in [0.3, 0.4) is 0 Å². The largest absolute Gasteiger partial charge is 0.416 e. The highest BCUT2D eigenvalue weighted by atomic mass is 32.2. The Kier molecular flexibility index (Phi) is 5.77. The maximum absolute atomic E-state index is 12.5. The van der Waals surface area contributed by atoms with Gasteiger partial charge in [0.1, 0.15) is 6.04 Å². The smallest absolute Gasteiger partial charge is 0.374 e. The van der Waals surface area contributed by atoms with Crippen LogP contribution in [0.25, 0.3) is 0 Å². The quantitative estimate of drug-likeness (QED) is 0.753. The zero-order valence-corrected chi connectivity index (χ0v) is 14.0. The Morgan fingerprint density at radius 1 is 1.08 bits per heavy atom. The third-order valence-electron chi connectivity index (χ3n) is 3.33. The number of anilines is 2. The molecule has 2 rings (SSSR count). The van der Waals surface area contributed by atoms with Crippen LogP contribution in [0.4, 0.5) is 24.5 Å². The van der Waals surface area contributed by atoms with Crippen molar-refractivity contribution in [2.24, 2.45) is 0 Å². The average Bonchev–Trinajstić information content (AvgIpc) is 2.54. The lowest BCUT2D eigenvalue weighted by molar-refractivity contribution is -0.137. The third kappa shape index (κ3) is 4.92. The van der Waals surface area contributed by atoms with E-state index in [1.807, 2.05) is 30.5 Å². The van der Waals surface area contributed by atoms with Gasteiger partial charge in [0.15, 0.2) is 0 Å². The Morgan fingerprint density at radius 3 is 2.33 bits per heavy atom. The molecule has 0 saturated carbocycles. The summed E-state index contributed by atoms with van der Waals surface area (Å²) in [6.45, 7) is 1.69. The average molecular weight is 354 g/mol. The van der Waals surface area contributed by atoms with Crippen molar-refractivity contribution in [1.29, 1.82) is 0 Å². The molecule has 2 aromatic rings. The molecule has 3 nitrogen and oxygen atoms in total. The van der Waals surface area contributed by atoms with Crippen LogP contribution in [0.5, 0.6) is 0 Å². The van der Waals surface area contributed by atoms with E-state index in [0.717, 1.165) is 22.7 Å². The summed E-state index contributed by atoms with van der Waals surface area (Å²) in [5.41, 5.74) is 0.372. The number of nitrogens with one attached hydrogen (secondary N) is 2. The van der Waals surface area contributed by atoms with Crippen LogP contribution in [0.2, 0.25) is 0 Å². The molecule has 0 fully saturated rings. The summed E-state index contributed by atoms with van der Waals surface area (Å²) in [6, 6.07) is 11.4. The second-order valence-corrected chi connectivity index (χ2v) is 6.04. The molecule has 2 N–H and O–H groups in total. The molecule has 0 heterocycles. The van der Waals surface area contributed by atoms with Crippen molar-refractivity contribution < 1.29 is 18.0 Å². The fourth-order valence-corrected chi connectivity index (χ4v) is 2.48. The zero-order valence-electron chi connectivity index (χ0n) is 13.1. The van der Waals surface area contributed by atoms with Crippen molar-refractivity contribution in [2.75, 3.05) is 16.9 Å². The van der Waals surface area contributed by atoms with Crippen LogP contribution >= 0.6 is 11.8 Å². The molecule has 1 atom stereocenters. The number of carbonyl (C=O) groups is 1. The fraction of sp³-hybridized carbons (Fsp3) is 0.235. The molecule has 0 radical (unpaired) electrons. The normalized spacial score (nSPS) is 12.5. The highest BCUT2D eigenvalue weighted by Gasteiger charge is 2.30. The summed E-state index contributed by atoms with van der Waals surface area (Å²) < 4.78 is 37.5. The van der Waals surface area contributed by atoms with Gasteiger partial charge in [-0.2, -0.15) is 13.2 Å². The maximum Gasteiger partial charge on any atom is 0.416 e. The van der Waals surface area contributed by atoms with E-state index >= 15 is 0 Å². The van der Waals surface area contributed by atoms with Gasteiger partial charge in [-0.25, -0.2) is 0 Å². The minimum absolute atomic E-state index is 0.319. The van der Waals surface area contributed by atoms with Crippen molar-refractivity contribution in [3.8, 4) is 0 Å². The minimum Gasteiger partial charge on any atom is -0.374 e. The fourth-order valence-electron chi connectivity index (χ4n) is 2.02. The number of benzene rings is 2. The Hall–Kier alpha value is -2.15. The van der Waals surface area contributed by atoms with Crippen molar-refractivity contribution in [3.05, 3.63) is 54.1 Å². The number of rotatable bonds is 5. The van der Waals surface area contributed by atoms with E-state index in [2.05, 4.69) is 10.6 Å². The Labute approximate surface area is 142 Å². The monoisotopic (exact) mass is 354 g/mol. The summed E-state index contributed by atoms with van der Waals surface area (Å²) >= 11 is 1.59. The topological polar surface area (TPSA) is 41.1 Å². The minimum atomic E-state index is -4.39. The molecular weight excluding hydrogens is 337 g/mol. The predicted molar refractivity (Wildman–Crippen MR) is 91.4 cm³/mol. The van der Waals surface area contributed by atoms with E-state index in [-0.39, 0.29) is 5.91 Å². The van der Waals surface area contributed by atoms with Crippen molar-refractivity contribution in [1.82, 2.24) is 0 Å². The van der Waals surface area contributed by atoms with Gasteiger partial charge >= 0.3 is 6.18 Å². The van der Waals surface area contributed by atoms with Gasteiger partial charge < -0.3 is 10.6 Å². The van der Waals surface area contributed by atoms with Crippen LogP contribution < -0.4 is 10.6 Å². The van der Waals surface area contributed by atoms with E-state index in [1.54, 1.807) is 18.7 Å². The van der Waals surface area contributed by atoms with Gasteiger partial charge in [0.05, 0.1) is 5.56 Å². The van der Waals surface area contributed by atoms with E-state index in [1.165, 1.54) is 12.1 Å². The van der Waals surface area contributed by atoms with Crippen molar-refractivity contribution >= 4 is 29.0 Å². The van der Waals surface area contributed by atoms with Crippen LogP contribution in [0.1, 0.15) is 12.5 Å². The number of thioether (sulfide) groups is 1. The summed E-state index contributed by atoms with van der Waals surface area (Å²) in [4.78, 5) is 13.2. The van der Waals surface area contributed by atoms with E-state index in [9.17, 15) is 18.0 Å². The zero-order chi connectivity index (χ0) is 17.7. The number of halogens is 3. The molecule has 0 aliphatic carbocycles. The second kappa shape index (κ2) is 7.61. The van der Waals surface area contributed by atoms with Gasteiger partial charge in [0.25, 0.3) is 0 Å². The first-order valence-electron chi connectivity index (χ1n) is 7.18. The van der Waals surface area contributed by atoms with Gasteiger partial charge in [-0.15, -0.1) is 11.8 Å². The molecule has 7 heteroatoms. The Balaban J connectivity index is 1.98. The first-order valence-corrected chi connectivity index (χ1v) is 8.41. The highest BCUT2D eigenvalue weighted by molar-refractivity contribution is 7.98. The molecule has 24 heavy (non-hydrogen) atoms. The first kappa shape index (κ1) is 18.2. The summed E-state index contributed by atoms with van der Waals surface area (Å²) in [5.74, 6) is -0.329. The van der Waals surface area contributed by atoms with Crippen LogP contribution in [-0.2, 0) is 11.0 Å². The molecule has 0 saturated heterocycles. The molecule has 0 aromatic heterocycles. The summed E-state index contributed by atoms with van der Waals surface area (Å²) in [5, 5.41) is 5.66. The van der Waals surface area contributed by atoms with Gasteiger partial charge in [-0.05, 0) is 55.6 Å². The number of hydrogen-bond acceptors (Lipinski definition) is 3. The van der Waals surface area contributed by atoms with Crippen molar-refractivity contribution in [3.63, 3.8) is 0 Å². The summed E-state index contributed by atoms with van der Waals surface area (Å²) in [6.07, 6.45) is -2.43. The lowest BCUT2D eigenvalue weighted by Gasteiger charge is -2.16.